The average molecular weight is 346 g/mol. The molecule has 1 N–H and O–H groups in total. The van der Waals surface area contributed by atoms with E-state index in [0.717, 1.165) is 38.5 Å². The predicted molar refractivity (Wildman–Crippen MR) is 92.7 cm³/mol. The van der Waals surface area contributed by atoms with Gasteiger partial charge >= 0.3 is 0 Å². The third-order valence-electron chi connectivity index (χ3n) is 8.72. The van der Waals surface area contributed by atoms with Gasteiger partial charge in [0, 0.05) is 17.8 Å². The molecular formula is C21H30O4. The molecule has 4 nitrogen and oxygen atoms in total. The fraction of sp³-hybridized carbons (Fsp3) is 0.857. The van der Waals surface area contributed by atoms with Gasteiger partial charge in [-0.05, 0) is 61.9 Å². The van der Waals surface area contributed by atoms with Crippen molar-refractivity contribution in [1.29, 1.82) is 0 Å². The van der Waals surface area contributed by atoms with E-state index in [1.807, 2.05) is 6.08 Å². The van der Waals surface area contributed by atoms with Gasteiger partial charge in [-0.1, -0.05) is 19.4 Å². The smallest absolute Gasteiger partial charge is 0.174 e. The van der Waals surface area contributed by atoms with E-state index in [-0.39, 0.29) is 22.9 Å². The van der Waals surface area contributed by atoms with Crippen LogP contribution in [0.1, 0.15) is 58.8 Å². The van der Waals surface area contributed by atoms with Gasteiger partial charge in [0.2, 0.25) is 0 Å². The van der Waals surface area contributed by atoms with Gasteiger partial charge in [-0.2, -0.15) is 0 Å². The second-order valence-electron chi connectivity index (χ2n) is 9.57. The first-order valence-electron chi connectivity index (χ1n) is 10.1. The molecule has 0 aromatic carbocycles. The van der Waals surface area contributed by atoms with E-state index in [4.69, 9.17) is 9.47 Å². The summed E-state index contributed by atoms with van der Waals surface area (Å²) in [6, 6.07) is 0. The molecule has 0 radical (unpaired) electrons. The summed E-state index contributed by atoms with van der Waals surface area (Å²) in [5, 5.41) is 10.1. The minimum absolute atomic E-state index is 0.0454. The molecule has 0 aromatic rings. The monoisotopic (exact) mass is 346 g/mol. The van der Waals surface area contributed by atoms with Crippen LogP contribution in [0.4, 0.5) is 0 Å². The molecule has 1 aliphatic heterocycles. The van der Waals surface area contributed by atoms with Gasteiger partial charge in [-0.15, -0.1) is 0 Å². The minimum atomic E-state index is -0.448. The molecule has 4 unspecified atom stereocenters. The Morgan fingerprint density at radius 2 is 1.76 bits per heavy atom. The Hall–Kier alpha value is -0.710. The van der Waals surface area contributed by atoms with Crippen LogP contribution in [0.3, 0.4) is 0 Å². The van der Waals surface area contributed by atoms with E-state index in [9.17, 15) is 9.90 Å². The van der Waals surface area contributed by atoms with Crippen LogP contribution in [-0.2, 0) is 14.3 Å². The topological polar surface area (TPSA) is 55.8 Å². The number of ether oxygens (including phenoxy) is 2. The molecule has 1 heterocycles. The highest BCUT2D eigenvalue weighted by molar-refractivity contribution is 5.94. The first kappa shape index (κ1) is 16.5. The second-order valence-corrected chi connectivity index (χ2v) is 9.57. The summed E-state index contributed by atoms with van der Waals surface area (Å²) in [7, 11) is 0. The first-order chi connectivity index (χ1) is 11.9. The van der Waals surface area contributed by atoms with Crippen molar-refractivity contribution in [1.82, 2.24) is 0 Å². The molecule has 138 valence electrons. The lowest BCUT2D eigenvalue weighted by atomic mass is 9.47. The van der Waals surface area contributed by atoms with Gasteiger partial charge < -0.3 is 14.6 Å². The zero-order chi connectivity index (χ0) is 17.4. The van der Waals surface area contributed by atoms with E-state index in [1.165, 1.54) is 5.57 Å². The first-order valence-corrected chi connectivity index (χ1v) is 10.1. The maximum Gasteiger partial charge on any atom is 0.174 e. The molecule has 25 heavy (non-hydrogen) atoms. The van der Waals surface area contributed by atoms with Crippen LogP contribution in [0.15, 0.2) is 11.6 Å². The Labute approximate surface area is 150 Å². The van der Waals surface area contributed by atoms with Crippen molar-refractivity contribution >= 4 is 5.78 Å². The van der Waals surface area contributed by atoms with Crippen LogP contribution in [0.5, 0.6) is 0 Å². The summed E-state index contributed by atoms with van der Waals surface area (Å²) in [4.78, 5) is 13.2. The lowest BCUT2D eigenvalue weighted by Crippen LogP contribution is -2.57. The molecule has 6 atom stereocenters. The summed E-state index contributed by atoms with van der Waals surface area (Å²) < 4.78 is 12.3. The number of fused-ring (bicyclic) bond motifs is 6. The summed E-state index contributed by atoms with van der Waals surface area (Å²) in [5.74, 6) is 0.740. The zero-order valence-corrected chi connectivity index (χ0v) is 15.4. The molecule has 4 aliphatic carbocycles. The number of ketones is 1. The van der Waals surface area contributed by atoms with E-state index in [2.05, 4.69) is 13.8 Å². The Balaban J connectivity index is 1.54. The van der Waals surface area contributed by atoms with Crippen LogP contribution < -0.4 is 0 Å². The molecule has 4 heteroatoms. The highest BCUT2D eigenvalue weighted by atomic mass is 16.7. The fourth-order valence-corrected chi connectivity index (χ4v) is 7.27. The molecule has 5 rings (SSSR count). The number of aliphatic hydroxyl groups excluding tert-OH is 1. The quantitative estimate of drug-likeness (QED) is 0.732. The molecule has 0 amide bonds. The van der Waals surface area contributed by atoms with Crippen molar-refractivity contribution in [2.75, 3.05) is 13.2 Å². The molecular weight excluding hydrogens is 316 g/mol. The van der Waals surface area contributed by atoms with E-state index >= 15 is 0 Å². The van der Waals surface area contributed by atoms with Crippen molar-refractivity contribution in [2.45, 2.75) is 70.7 Å². The van der Waals surface area contributed by atoms with Crippen LogP contribution in [0.25, 0.3) is 0 Å². The van der Waals surface area contributed by atoms with Gasteiger partial charge in [0.1, 0.15) is 0 Å². The minimum Gasteiger partial charge on any atom is -0.393 e. The average Bonchev–Trinajstić information content (AvgIpc) is 3.17. The van der Waals surface area contributed by atoms with Gasteiger partial charge in [0.15, 0.2) is 11.6 Å². The Morgan fingerprint density at radius 3 is 2.52 bits per heavy atom. The third kappa shape index (κ3) is 1.97. The summed E-state index contributed by atoms with van der Waals surface area (Å²) in [5.41, 5.74) is 1.25. The van der Waals surface area contributed by atoms with Crippen LogP contribution >= 0.6 is 0 Å². The van der Waals surface area contributed by atoms with Crippen molar-refractivity contribution in [2.24, 2.45) is 28.6 Å². The second kappa shape index (κ2) is 5.17. The predicted octanol–water partition coefficient (Wildman–Crippen LogP) is 3.23. The fourth-order valence-electron chi connectivity index (χ4n) is 7.27. The van der Waals surface area contributed by atoms with Crippen LogP contribution in [0, 0.1) is 28.6 Å². The van der Waals surface area contributed by atoms with E-state index in [0.29, 0.717) is 37.3 Å². The Kier molecular flexibility index (Phi) is 3.41. The SMILES string of the molecule is C[C@]12CCC(O)CC1=CC(=O)C1C2CC[C@@]2(C)C1CCC21OCCO1. The van der Waals surface area contributed by atoms with Gasteiger partial charge in [0.05, 0.1) is 19.3 Å². The van der Waals surface area contributed by atoms with E-state index < -0.39 is 5.79 Å². The molecule has 1 spiro atoms. The van der Waals surface area contributed by atoms with Crippen LogP contribution in [-0.4, -0.2) is 36.0 Å². The lowest BCUT2D eigenvalue weighted by molar-refractivity contribution is -0.240. The van der Waals surface area contributed by atoms with Crippen LogP contribution in [0.2, 0.25) is 0 Å². The molecule has 3 saturated carbocycles. The van der Waals surface area contributed by atoms with Gasteiger partial charge in [-0.25, -0.2) is 0 Å². The Morgan fingerprint density at radius 1 is 1.04 bits per heavy atom. The summed E-state index contributed by atoms with van der Waals surface area (Å²) in [6.45, 7) is 6.03. The normalized spacial score (nSPS) is 51.0. The lowest BCUT2D eigenvalue weighted by Gasteiger charge is -2.57. The van der Waals surface area contributed by atoms with Crippen molar-refractivity contribution in [3.05, 3.63) is 11.6 Å². The highest BCUT2D eigenvalue weighted by Gasteiger charge is 2.67. The number of aliphatic hydroxyl groups is 1. The van der Waals surface area contributed by atoms with Gasteiger partial charge in [-0.3, -0.25) is 4.79 Å². The van der Waals surface area contributed by atoms with Gasteiger partial charge in [0.25, 0.3) is 0 Å². The third-order valence-corrected chi connectivity index (χ3v) is 8.72. The summed E-state index contributed by atoms with van der Waals surface area (Å²) in [6.07, 6.45) is 8.31. The number of carbonyl (C=O) groups is 1. The molecule has 0 bridgehead atoms. The largest absolute Gasteiger partial charge is 0.393 e. The molecule has 5 aliphatic rings. The number of hydrogen-bond acceptors (Lipinski definition) is 4. The number of allylic oxidation sites excluding steroid dienone is 1. The van der Waals surface area contributed by atoms with Crippen molar-refractivity contribution in [3.63, 3.8) is 0 Å². The Bertz CT molecular complexity index is 634. The number of carbonyl (C=O) groups excluding carboxylic acids is 1. The molecule has 4 fully saturated rings. The molecule has 0 aromatic heterocycles. The number of hydrogen-bond donors (Lipinski definition) is 1. The molecule has 1 saturated heterocycles. The highest BCUT2D eigenvalue weighted by Crippen LogP contribution is 2.67. The maximum absolute atomic E-state index is 13.2. The van der Waals surface area contributed by atoms with Crippen molar-refractivity contribution < 1.29 is 19.4 Å². The van der Waals surface area contributed by atoms with Crippen molar-refractivity contribution in [3.8, 4) is 0 Å². The number of rotatable bonds is 0. The van der Waals surface area contributed by atoms with E-state index in [1.54, 1.807) is 0 Å². The zero-order valence-electron chi connectivity index (χ0n) is 15.4. The maximum atomic E-state index is 13.2. The summed E-state index contributed by atoms with van der Waals surface area (Å²) >= 11 is 0. The standard InChI is InChI=1S/C21H30O4/c1-19-6-3-14(22)11-13(19)12-17(23)18-15(19)4-7-20(2)16(18)5-8-21(20)24-9-10-25-21/h12,14-16,18,22H,3-11H2,1-2H3/t14?,15?,16?,18?,19-,20-/m0/s1.